The minimum absolute atomic E-state index is 0.648. The third-order valence-electron chi connectivity index (χ3n) is 4.87. The van der Waals surface area contributed by atoms with Crippen molar-refractivity contribution >= 4 is 0 Å². The van der Waals surface area contributed by atoms with Crippen LogP contribution in [0.2, 0.25) is 0 Å². The summed E-state index contributed by atoms with van der Waals surface area (Å²) in [5.41, 5.74) is 0. The first-order chi connectivity index (χ1) is 9.58. The molecular formula is C16H33N3O. The van der Waals surface area contributed by atoms with Crippen LogP contribution in [0.3, 0.4) is 0 Å². The van der Waals surface area contributed by atoms with Gasteiger partial charge < -0.3 is 10.1 Å². The Balaban J connectivity index is 1.85. The van der Waals surface area contributed by atoms with Gasteiger partial charge in [-0.25, -0.2) is 0 Å². The Bertz CT molecular complexity index is 277. The number of rotatable bonds is 5. The molecule has 118 valence electrons. The van der Waals surface area contributed by atoms with Crippen LogP contribution >= 0.6 is 0 Å². The summed E-state index contributed by atoms with van der Waals surface area (Å²) in [4.78, 5) is 5.27. The third kappa shape index (κ3) is 4.42. The molecule has 2 rings (SSSR count). The smallest absolute Gasteiger partial charge is 0.0594 e. The number of morpholine rings is 1. The van der Waals surface area contributed by atoms with Crippen molar-refractivity contribution in [3.63, 3.8) is 0 Å². The Morgan fingerprint density at radius 2 is 1.75 bits per heavy atom. The molecule has 0 bridgehead atoms. The fourth-order valence-electron chi connectivity index (χ4n) is 3.31. The van der Waals surface area contributed by atoms with E-state index in [0.29, 0.717) is 18.0 Å². The van der Waals surface area contributed by atoms with Crippen molar-refractivity contribution in [2.24, 2.45) is 11.8 Å². The van der Waals surface area contributed by atoms with Gasteiger partial charge in [-0.2, -0.15) is 0 Å². The molecule has 0 amide bonds. The average Bonchev–Trinajstić information content (AvgIpc) is 2.45. The zero-order valence-electron chi connectivity index (χ0n) is 13.8. The maximum atomic E-state index is 5.43. The maximum absolute atomic E-state index is 5.43. The quantitative estimate of drug-likeness (QED) is 0.822. The summed E-state index contributed by atoms with van der Waals surface area (Å²) >= 11 is 0. The van der Waals surface area contributed by atoms with E-state index >= 15 is 0 Å². The van der Waals surface area contributed by atoms with E-state index in [1.807, 2.05) is 0 Å². The van der Waals surface area contributed by atoms with Crippen LogP contribution in [0.25, 0.3) is 0 Å². The third-order valence-corrected chi connectivity index (χ3v) is 4.87. The van der Waals surface area contributed by atoms with Crippen LogP contribution in [0.5, 0.6) is 0 Å². The minimum Gasteiger partial charge on any atom is -0.379 e. The van der Waals surface area contributed by atoms with Gasteiger partial charge in [-0.3, -0.25) is 9.80 Å². The summed E-state index contributed by atoms with van der Waals surface area (Å²) in [6.07, 6.45) is 0. The number of piperazine rings is 1. The Hall–Kier alpha value is -0.160. The van der Waals surface area contributed by atoms with Crippen LogP contribution < -0.4 is 5.32 Å². The molecule has 4 heteroatoms. The normalized spacial score (nSPS) is 30.3. The van der Waals surface area contributed by atoms with Gasteiger partial charge in [0.25, 0.3) is 0 Å². The molecule has 2 fully saturated rings. The van der Waals surface area contributed by atoms with Crippen LogP contribution in [0.15, 0.2) is 0 Å². The minimum atomic E-state index is 0.648. The predicted molar refractivity (Wildman–Crippen MR) is 84.1 cm³/mol. The molecule has 0 aromatic carbocycles. The van der Waals surface area contributed by atoms with Gasteiger partial charge in [0.2, 0.25) is 0 Å². The molecule has 1 N–H and O–H groups in total. The number of ether oxygens (including phenoxy) is 1. The van der Waals surface area contributed by atoms with Gasteiger partial charge in [-0.05, 0) is 11.8 Å². The predicted octanol–water partition coefficient (Wildman–Crippen LogP) is 1.27. The van der Waals surface area contributed by atoms with Crippen molar-refractivity contribution in [1.29, 1.82) is 0 Å². The van der Waals surface area contributed by atoms with E-state index in [1.165, 1.54) is 19.6 Å². The van der Waals surface area contributed by atoms with Gasteiger partial charge >= 0.3 is 0 Å². The SMILES string of the molecule is CC(C)C1CN(CCN2CCOCC2)C(C(C)C)CN1. The van der Waals surface area contributed by atoms with Crippen LogP contribution in [-0.4, -0.2) is 74.4 Å². The van der Waals surface area contributed by atoms with E-state index < -0.39 is 0 Å². The highest BCUT2D eigenvalue weighted by Gasteiger charge is 2.31. The van der Waals surface area contributed by atoms with Crippen LogP contribution in [0, 0.1) is 11.8 Å². The second-order valence-corrected chi connectivity index (χ2v) is 7.02. The van der Waals surface area contributed by atoms with E-state index in [2.05, 4.69) is 42.8 Å². The molecule has 2 atom stereocenters. The highest BCUT2D eigenvalue weighted by Crippen LogP contribution is 2.18. The molecule has 2 aliphatic rings. The van der Waals surface area contributed by atoms with Crippen molar-refractivity contribution in [3.8, 4) is 0 Å². The summed E-state index contributed by atoms with van der Waals surface area (Å²) < 4.78 is 5.43. The Morgan fingerprint density at radius 3 is 2.35 bits per heavy atom. The van der Waals surface area contributed by atoms with Gasteiger partial charge in [0.05, 0.1) is 13.2 Å². The van der Waals surface area contributed by atoms with E-state index in [-0.39, 0.29) is 0 Å². The van der Waals surface area contributed by atoms with E-state index in [4.69, 9.17) is 4.74 Å². The lowest BCUT2D eigenvalue weighted by atomic mass is 9.94. The van der Waals surface area contributed by atoms with Crippen molar-refractivity contribution in [1.82, 2.24) is 15.1 Å². The Labute approximate surface area is 124 Å². The second-order valence-electron chi connectivity index (χ2n) is 7.02. The fraction of sp³-hybridized carbons (Fsp3) is 1.00. The summed E-state index contributed by atoms with van der Waals surface area (Å²) in [5.74, 6) is 1.44. The number of hydrogen-bond donors (Lipinski definition) is 1. The molecule has 2 unspecified atom stereocenters. The molecule has 0 aliphatic carbocycles. The van der Waals surface area contributed by atoms with Gasteiger partial charge in [-0.15, -0.1) is 0 Å². The summed E-state index contributed by atoms with van der Waals surface area (Å²) in [7, 11) is 0. The van der Waals surface area contributed by atoms with Crippen molar-refractivity contribution in [2.75, 3.05) is 52.5 Å². The first-order valence-electron chi connectivity index (χ1n) is 8.35. The number of nitrogens with zero attached hydrogens (tertiary/aromatic N) is 2. The molecule has 0 spiro atoms. The molecule has 2 saturated heterocycles. The average molecular weight is 283 g/mol. The number of hydrogen-bond acceptors (Lipinski definition) is 4. The van der Waals surface area contributed by atoms with Crippen molar-refractivity contribution in [3.05, 3.63) is 0 Å². The zero-order valence-corrected chi connectivity index (χ0v) is 13.8. The Morgan fingerprint density at radius 1 is 1.05 bits per heavy atom. The largest absolute Gasteiger partial charge is 0.379 e. The van der Waals surface area contributed by atoms with E-state index in [9.17, 15) is 0 Å². The monoisotopic (exact) mass is 283 g/mol. The molecule has 0 aromatic heterocycles. The number of nitrogens with one attached hydrogen (secondary N) is 1. The first kappa shape index (κ1) is 16.2. The molecule has 2 heterocycles. The fourth-order valence-corrected chi connectivity index (χ4v) is 3.31. The summed E-state index contributed by atoms with van der Waals surface area (Å²) in [6.45, 7) is 18.1. The first-order valence-corrected chi connectivity index (χ1v) is 8.35. The molecule has 0 radical (unpaired) electrons. The van der Waals surface area contributed by atoms with Crippen LogP contribution in [-0.2, 0) is 4.74 Å². The summed E-state index contributed by atoms with van der Waals surface area (Å²) in [5, 5.41) is 3.74. The van der Waals surface area contributed by atoms with Crippen LogP contribution in [0.4, 0.5) is 0 Å². The maximum Gasteiger partial charge on any atom is 0.0594 e. The zero-order chi connectivity index (χ0) is 14.5. The molecule has 0 aromatic rings. The lowest BCUT2D eigenvalue weighted by molar-refractivity contribution is 0.0218. The molecule has 0 saturated carbocycles. The molecule has 4 nitrogen and oxygen atoms in total. The highest BCUT2D eigenvalue weighted by molar-refractivity contribution is 4.89. The van der Waals surface area contributed by atoms with Gasteiger partial charge in [0.15, 0.2) is 0 Å². The van der Waals surface area contributed by atoms with Gasteiger partial charge in [0.1, 0.15) is 0 Å². The Kier molecular flexibility index (Phi) is 6.27. The molecule has 2 aliphatic heterocycles. The van der Waals surface area contributed by atoms with Gasteiger partial charge in [-0.1, -0.05) is 27.7 Å². The lowest BCUT2D eigenvalue weighted by Gasteiger charge is -2.44. The standard InChI is InChI=1S/C16H33N3O/c1-13(2)15-12-19(16(11-17-15)14(3)4)6-5-18-7-9-20-10-8-18/h13-17H,5-12H2,1-4H3. The lowest BCUT2D eigenvalue weighted by Crippen LogP contribution is -2.60. The van der Waals surface area contributed by atoms with Gasteiger partial charge in [0, 0.05) is 51.4 Å². The highest BCUT2D eigenvalue weighted by atomic mass is 16.5. The van der Waals surface area contributed by atoms with Crippen molar-refractivity contribution in [2.45, 2.75) is 39.8 Å². The second kappa shape index (κ2) is 7.74. The molecular weight excluding hydrogens is 250 g/mol. The summed E-state index contributed by atoms with van der Waals surface area (Å²) in [6, 6.07) is 1.33. The van der Waals surface area contributed by atoms with Crippen LogP contribution in [0.1, 0.15) is 27.7 Å². The molecule has 20 heavy (non-hydrogen) atoms. The van der Waals surface area contributed by atoms with Crippen molar-refractivity contribution < 1.29 is 4.74 Å². The van der Waals surface area contributed by atoms with E-state index in [1.54, 1.807) is 0 Å². The van der Waals surface area contributed by atoms with E-state index in [0.717, 1.165) is 38.8 Å². The topological polar surface area (TPSA) is 27.7 Å².